The van der Waals surface area contributed by atoms with Crippen molar-refractivity contribution in [3.63, 3.8) is 0 Å². The summed E-state index contributed by atoms with van der Waals surface area (Å²) in [6.45, 7) is 6.49. The SMILES string of the molecule is CC(C)(C)[C@H](N)C(=O)Nc1ccc(F)c(-c2nnc3n2CCCCC3)c1. The Kier molecular flexibility index (Phi) is 5.09. The lowest BCUT2D eigenvalue weighted by atomic mass is 9.87. The Morgan fingerprint density at radius 1 is 1.27 bits per heavy atom. The van der Waals surface area contributed by atoms with Crippen LogP contribution in [-0.4, -0.2) is 26.7 Å². The van der Waals surface area contributed by atoms with E-state index in [1.165, 1.54) is 12.1 Å². The number of halogens is 1. The zero-order valence-corrected chi connectivity index (χ0v) is 15.6. The number of nitrogens with two attached hydrogens (primary N) is 1. The minimum atomic E-state index is -0.666. The number of amides is 1. The molecule has 1 amide bonds. The smallest absolute Gasteiger partial charge is 0.241 e. The summed E-state index contributed by atoms with van der Waals surface area (Å²) in [5, 5.41) is 11.2. The van der Waals surface area contributed by atoms with Gasteiger partial charge in [-0.15, -0.1) is 10.2 Å². The Balaban J connectivity index is 1.90. The Morgan fingerprint density at radius 2 is 2.04 bits per heavy atom. The third-order valence-electron chi connectivity index (χ3n) is 4.80. The molecule has 0 fully saturated rings. The topological polar surface area (TPSA) is 85.8 Å². The zero-order valence-electron chi connectivity index (χ0n) is 15.6. The summed E-state index contributed by atoms with van der Waals surface area (Å²) in [4.78, 5) is 12.4. The standard InChI is InChI=1S/C19H26FN5O/c1-19(2,3)16(21)18(26)22-12-8-9-14(20)13(11-12)17-24-23-15-7-5-4-6-10-25(15)17/h8-9,11,16H,4-7,10,21H2,1-3H3,(H,22,26)/t16-/m1/s1. The molecule has 1 atom stereocenters. The molecule has 1 aromatic heterocycles. The molecule has 2 aromatic rings. The van der Waals surface area contributed by atoms with Gasteiger partial charge in [0.1, 0.15) is 11.6 Å². The lowest BCUT2D eigenvalue weighted by Gasteiger charge is -2.25. The number of hydrogen-bond acceptors (Lipinski definition) is 4. The largest absolute Gasteiger partial charge is 0.325 e. The Bertz CT molecular complexity index is 809. The molecule has 1 aliphatic heterocycles. The van der Waals surface area contributed by atoms with Gasteiger partial charge in [-0.25, -0.2) is 4.39 Å². The molecular formula is C19H26FN5O. The molecule has 0 saturated carbocycles. The van der Waals surface area contributed by atoms with Crippen LogP contribution < -0.4 is 11.1 Å². The van der Waals surface area contributed by atoms with Crippen LogP contribution in [0, 0.1) is 11.2 Å². The summed E-state index contributed by atoms with van der Waals surface area (Å²) in [6.07, 6.45) is 4.08. The van der Waals surface area contributed by atoms with Gasteiger partial charge in [0.15, 0.2) is 5.82 Å². The van der Waals surface area contributed by atoms with Gasteiger partial charge in [-0.05, 0) is 36.5 Å². The number of nitrogens with zero attached hydrogens (tertiary/aromatic N) is 3. The van der Waals surface area contributed by atoms with Crippen LogP contribution in [0.1, 0.15) is 45.9 Å². The molecule has 0 aliphatic carbocycles. The molecule has 1 aromatic carbocycles. The lowest BCUT2D eigenvalue weighted by Crippen LogP contribution is -2.45. The number of aryl methyl sites for hydroxylation is 1. The van der Waals surface area contributed by atoms with Crippen molar-refractivity contribution >= 4 is 11.6 Å². The maximum absolute atomic E-state index is 14.5. The van der Waals surface area contributed by atoms with E-state index in [0.29, 0.717) is 17.1 Å². The maximum atomic E-state index is 14.5. The highest BCUT2D eigenvalue weighted by Gasteiger charge is 2.28. The van der Waals surface area contributed by atoms with Crippen LogP contribution in [0.25, 0.3) is 11.4 Å². The summed E-state index contributed by atoms with van der Waals surface area (Å²) in [7, 11) is 0. The first kappa shape index (κ1) is 18.5. The first-order chi connectivity index (χ1) is 12.3. The fraction of sp³-hybridized carbons (Fsp3) is 0.526. The highest BCUT2D eigenvalue weighted by molar-refractivity contribution is 5.95. The van der Waals surface area contributed by atoms with Gasteiger partial charge in [0, 0.05) is 18.7 Å². The molecule has 3 N–H and O–H groups in total. The molecule has 1 aliphatic rings. The van der Waals surface area contributed by atoms with Crippen LogP contribution in [0.2, 0.25) is 0 Å². The fourth-order valence-electron chi connectivity index (χ4n) is 3.07. The highest BCUT2D eigenvalue weighted by Crippen LogP contribution is 2.28. The van der Waals surface area contributed by atoms with Crippen LogP contribution in [0.15, 0.2) is 18.2 Å². The monoisotopic (exact) mass is 359 g/mol. The van der Waals surface area contributed by atoms with Crippen molar-refractivity contribution in [2.45, 2.75) is 59.0 Å². The third-order valence-corrected chi connectivity index (χ3v) is 4.80. The third kappa shape index (κ3) is 3.77. The molecule has 0 saturated heterocycles. The van der Waals surface area contributed by atoms with Gasteiger partial charge < -0.3 is 15.6 Å². The quantitative estimate of drug-likeness (QED) is 0.882. The predicted octanol–water partition coefficient (Wildman–Crippen LogP) is 3.12. The molecule has 0 unspecified atom stereocenters. The highest BCUT2D eigenvalue weighted by atomic mass is 19.1. The second-order valence-corrected chi connectivity index (χ2v) is 7.93. The fourth-order valence-corrected chi connectivity index (χ4v) is 3.07. The van der Waals surface area contributed by atoms with Crippen molar-refractivity contribution in [3.8, 4) is 11.4 Å². The molecular weight excluding hydrogens is 333 g/mol. The summed E-state index contributed by atoms with van der Waals surface area (Å²) < 4.78 is 16.5. The van der Waals surface area contributed by atoms with Crippen LogP contribution in [0.5, 0.6) is 0 Å². The van der Waals surface area contributed by atoms with Gasteiger partial charge in [-0.1, -0.05) is 27.2 Å². The van der Waals surface area contributed by atoms with E-state index in [2.05, 4.69) is 15.5 Å². The lowest BCUT2D eigenvalue weighted by molar-refractivity contribution is -0.119. The number of rotatable bonds is 3. The number of nitrogens with one attached hydrogen (secondary N) is 1. The first-order valence-corrected chi connectivity index (χ1v) is 9.06. The average Bonchev–Trinajstić information content (AvgIpc) is 2.83. The van der Waals surface area contributed by atoms with Crippen molar-refractivity contribution < 1.29 is 9.18 Å². The van der Waals surface area contributed by atoms with Gasteiger partial charge >= 0.3 is 0 Å². The minimum Gasteiger partial charge on any atom is -0.325 e. The summed E-state index contributed by atoms with van der Waals surface area (Å²) in [5.41, 5.74) is 6.47. The second-order valence-electron chi connectivity index (χ2n) is 7.93. The van der Waals surface area contributed by atoms with Gasteiger partial charge in [0.05, 0.1) is 11.6 Å². The first-order valence-electron chi connectivity index (χ1n) is 9.06. The van der Waals surface area contributed by atoms with E-state index in [4.69, 9.17) is 5.73 Å². The molecule has 7 heteroatoms. The van der Waals surface area contributed by atoms with E-state index in [9.17, 15) is 9.18 Å². The van der Waals surface area contributed by atoms with Crippen molar-refractivity contribution in [3.05, 3.63) is 29.8 Å². The van der Waals surface area contributed by atoms with Gasteiger partial charge in [-0.3, -0.25) is 4.79 Å². The van der Waals surface area contributed by atoms with Gasteiger partial charge in [0.2, 0.25) is 5.91 Å². The van der Waals surface area contributed by atoms with E-state index >= 15 is 0 Å². The van der Waals surface area contributed by atoms with E-state index in [1.807, 2.05) is 25.3 Å². The number of fused-ring (bicyclic) bond motifs is 1. The normalized spacial score (nSPS) is 15.9. The number of anilines is 1. The van der Waals surface area contributed by atoms with Crippen LogP contribution in [0.4, 0.5) is 10.1 Å². The summed E-state index contributed by atoms with van der Waals surface area (Å²) in [5.74, 6) is 0.717. The predicted molar refractivity (Wildman–Crippen MR) is 99.0 cm³/mol. The van der Waals surface area contributed by atoms with Crippen molar-refractivity contribution in [2.24, 2.45) is 11.1 Å². The summed E-state index contributed by atoms with van der Waals surface area (Å²) in [6, 6.07) is 3.81. The Morgan fingerprint density at radius 3 is 2.77 bits per heavy atom. The van der Waals surface area contributed by atoms with E-state index in [1.54, 1.807) is 6.07 Å². The van der Waals surface area contributed by atoms with Crippen molar-refractivity contribution in [2.75, 3.05) is 5.32 Å². The number of hydrogen-bond donors (Lipinski definition) is 2. The number of benzene rings is 1. The van der Waals surface area contributed by atoms with Gasteiger partial charge in [0.25, 0.3) is 0 Å². The Labute approximate surface area is 153 Å². The van der Waals surface area contributed by atoms with Crippen LogP contribution >= 0.6 is 0 Å². The molecule has 26 heavy (non-hydrogen) atoms. The second kappa shape index (κ2) is 7.15. The Hall–Kier alpha value is -2.28. The molecule has 140 valence electrons. The van der Waals surface area contributed by atoms with Crippen molar-refractivity contribution in [1.29, 1.82) is 0 Å². The molecule has 6 nitrogen and oxygen atoms in total. The van der Waals surface area contributed by atoms with Gasteiger partial charge in [-0.2, -0.15) is 0 Å². The minimum absolute atomic E-state index is 0.296. The van der Waals surface area contributed by atoms with E-state index in [-0.39, 0.29) is 17.1 Å². The molecule has 2 heterocycles. The van der Waals surface area contributed by atoms with E-state index < -0.39 is 6.04 Å². The molecule has 3 rings (SSSR count). The molecule has 0 radical (unpaired) electrons. The number of carbonyl (C=O) groups excluding carboxylic acids is 1. The van der Waals surface area contributed by atoms with Crippen molar-refractivity contribution in [1.82, 2.24) is 14.8 Å². The van der Waals surface area contributed by atoms with E-state index in [0.717, 1.165) is 38.1 Å². The number of carbonyl (C=O) groups is 1. The average molecular weight is 359 g/mol. The summed E-state index contributed by atoms with van der Waals surface area (Å²) >= 11 is 0. The van der Waals surface area contributed by atoms with Crippen LogP contribution in [0.3, 0.4) is 0 Å². The number of aromatic nitrogens is 3. The molecule has 0 bridgehead atoms. The molecule has 0 spiro atoms. The maximum Gasteiger partial charge on any atom is 0.241 e. The zero-order chi connectivity index (χ0) is 18.9. The van der Waals surface area contributed by atoms with Crippen LogP contribution in [-0.2, 0) is 17.8 Å².